The lowest BCUT2D eigenvalue weighted by Gasteiger charge is -2.26. The molecule has 0 heterocycles. The predicted octanol–water partition coefficient (Wildman–Crippen LogP) is 3.73. The predicted molar refractivity (Wildman–Crippen MR) is 69.9 cm³/mol. The van der Waals surface area contributed by atoms with Crippen molar-refractivity contribution in [2.45, 2.75) is 50.5 Å². The van der Waals surface area contributed by atoms with Crippen LogP contribution in [0.25, 0.3) is 0 Å². The van der Waals surface area contributed by atoms with E-state index in [0.29, 0.717) is 17.8 Å². The van der Waals surface area contributed by atoms with Gasteiger partial charge in [0.15, 0.2) is 0 Å². The molecule has 2 saturated carbocycles. The molecule has 1 aromatic carbocycles. The summed E-state index contributed by atoms with van der Waals surface area (Å²) in [6.45, 7) is 0. The highest BCUT2D eigenvalue weighted by atomic mass is 16.3. The van der Waals surface area contributed by atoms with E-state index in [-0.39, 0.29) is 6.10 Å². The quantitative estimate of drug-likeness (QED) is 0.839. The van der Waals surface area contributed by atoms with Gasteiger partial charge in [0, 0.05) is 0 Å². The summed E-state index contributed by atoms with van der Waals surface area (Å²) in [6.07, 6.45) is 7.67. The first-order valence-corrected chi connectivity index (χ1v) is 7.09. The summed E-state index contributed by atoms with van der Waals surface area (Å²) in [7, 11) is 0. The summed E-state index contributed by atoms with van der Waals surface area (Å²) >= 11 is 0. The van der Waals surface area contributed by atoms with Crippen molar-refractivity contribution >= 4 is 0 Å². The second-order valence-electron chi connectivity index (χ2n) is 5.81. The van der Waals surface area contributed by atoms with Crippen LogP contribution in [0.3, 0.4) is 0 Å². The first-order valence-electron chi connectivity index (χ1n) is 7.09. The monoisotopic (exact) mass is 230 g/mol. The third kappa shape index (κ3) is 2.40. The van der Waals surface area contributed by atoms with Crippen LogP contribution in [0.15, 0.2) is 30.3 Å². The SMILES string of the molecule is OC(C1CCCCC1)C1CC1c1ccccc1. The van der Waals surface area contributed by atoms with Crippen molar-refractivity contribution in [1.29, 1.82) is 0 Å². The van der Waals surface area contributed by atoms with Crippen LogP contribution in [-0.4, -0.2) is 11.2 Å². The van der Waals surface area contributed by atoms with Crippen molar-refractivity contribution in [2.24, 2.45) is 11.8 Å². The van der Waals surface area contributed by atoms with E-state index in [1.54, 1.807) is 0 Å². The molecule has 0 spiro atoms. The Bertz CT molecular complexity index is 353. The average Bonchev–Trinajstić information content (AvgIpc) is 3.20. The molecule has 1 aromatic rings. The Morgan fingerprint density at radius 1 is 1.00 bits per heavy atom. The van der Waals surface area contributed by atoms with Crippen LogP contribution in [0.5, 0.6) is 0 Å². The van der Waals surface area contributed by atoms with E-state index >= 15 is 0 Å². The molecular formula is C16H22O. The molecule has 0 bridgehead atoms. The molecular weight excluding hydrogens is 208 g/mol. The van der Waals surface area contributed by atoms with Crippen molar-refractivity contribution in [1.82, 2.24) is 0 Å². The van der Waals surface area contributed by atoms with Crippen LogP contribution in [0.4, 0.5) is 0 Å². The van der Waals surface area contributed by atoms with Gasteiger partial charge in [-0.2, -0.15) is 0 Å². The van der Waals surface area contributed by atoms with Crippen molar-refractivity contribution in [3.8, 4) is 0 Å². The zero-order valence-corrected chi connectivity index (χ0v) is 10.4. The first-order chi connectivity index (χ1) is 8.36. The van der Waals surface area contributed by atoms with Crippen molar-refractivity contribution < 1.29 is 5.11 Å². The molecule has 17 heavy (non-hydrogen) atoms. The van der Waals surface area contributed by atoms with E-state index in [1.165, 1.54) is 44.1 Å². The average molecular weight is 230 g/mol. The molecule has 0 amide bonds. The summed E-state index contributed by atoms with van der Waals surface area (Å²) in [6, 6.07) is 10.7. The number of hydrogen-bond acceptors (Lipinski definition) is 1. The Morgan fingerprint density at radius 2 is 1.71 bits per heavy atom. The van der Waals surface area contributed by atoms with E-state index < -0.39 is 0 Å². The molecule has 2 aliphatic rings. The summed E-state index contributed by atoms with van der Waals surface area (Å²) < 4.78 is 0. The van der Waals surface area contributed by atoms with Gasteiger partial charge < -0.3 is 5.11 Å². The lowest BCUT2D eigenvalue weighted by molar-refractivity contribution is 0.0642. The lowest BCUT2D eigenvalue weighted by atomic mass is 9.83. The zero-order valence-electron chi connectivity index (χ0n) is 10.4. The Balaban J connectivity index is 1.60. The molecule has 1 nitrogen and oxygen atoms in total. The smallest absolute Gasteiger partial charge is 0.0602 e. The molecule has 92 valence electrons. The van der Waals surface area contributed by atoms with Crippen LogP contribution < -0.4 is 0 Å². The fourth-order valence-corrected chi connectivity index (χ4v) is 3.50. The van der Waals surface area contributed by atoms with Crippen molar-refractivity contribution in [2.75, 3.05) is 0 Å². The minimum Gasteiger partial charge on any atom is -0.393 e. The van der Waals surface area contributed by atoms with Gasteiger partial charge in [-0.1, -0.05) is 49.6 Å². The van der Waals surface area contributed by atoms with Gasteiger partial charge in [0.25, 0.3) is 0 Å². The number of aliphatic hydroxyl groups excluding tert-OH is 1. The van der Waals surface area contributed by atoms with Crippen LogP contribution in [0, 0.1) is 11.8 Å². The summed E-state index contributed by atoms with van der Waals surface area (Å²) in [4.78, 5) is 0. The summed E-state index contributed by atoms with van der Waals surface area (Å²) in [5.41, 5.74) is 1.42. The van der Waals surface area contributed by atoms with Gasteiger partial charge in [-0.3, -0.25) is 0 Å². The Hall–Kier alpha value is -0.820. The van der Waals surface area contributed by atoms with Crippen molar-refractivity contribution in [3.63, 3.8) is 0 Å². The molecule has 3 unspecified atom stereocenters. The van der Waals surface area contributed by atoms with E-state index in [9.17, 15) is 5.11 Å². The standard InChI is InChI=1S/C16H22O/c17-16(13-9-5-2-6-10-13)15-11-14(15)12-7-3-1-4-8-12/h1,3-4,7-8,13-17H,2,5-6,9-11H2. The molecule has 2 fully saturated rings. The molecule has 0 saturated heterocycles. The Kier molecular flexibility index (Phi) is 3.19. The highest BCUT2D eigenvalue weighted by Crippen LogP contribution is 2.52. The van der Waals surface area contributed by atoms with Crippen LogP contribution in [0.2, 0.25) is 0 Å². The summed E-state index contributed by atoms with van der Waals surface area (Å²) in [5, 5.41) is 10.4. The van der Waals surface area contributed by atoms with Gasteiger partial charge in [0.2, 0.25) is 0 Å². The maximum atomic E-state index is 10.4. The molecule has 0 aromatic heterocycles. The minimum atomic E-state index is -0.0412. The van der Waals surface area contributed by atoms with Gasteiger partial charge in [0.1, 0.15) is 0 Å². The van der Waals surface area contributed by atoms with Crippen LogP contribution in [-0.2, 0) is 0 Å². The lowest BCUT2D eigenvalue weighted by Crippen LogP contribution is -2.25. The van der Waals surface area contributed by atoms with E-state index in [1.807, 2.05) is 0 Å². The first kappa shape index (κ1) is 11.3. The largest absolute Gasteiger partial charge is 0.393 e. The summed E-state index contributed by atoms with van der Waals surface area (Å²) in [5.74, 6) is 1.76. The third-order valence-corrected chi connectivity index (χ3v) is 4.64. The Morgan fingerprint density at radius 3 is 2.41 bits per heavy atom. The second-order valence-corrected chi connectivity index (χ2v) is 5.81. The number of aliphatic hydroxyl groups is 1. The molecule has 1 heteroatoms. The highest BCUT2D eigenvalue weighted by molar-refractivity contribution is 5.26. The highest BCUT2D eigenvalue weighted by Gasteiger charge is 2.45. The molecule has 3 atom stereocenters. The molecule has 3 rings (SSSR count). The van der Waals surface area contributed by atoms with Crippen LogP contribution in [0.1, 0.15) is 50.0 Å². The second kappa shape index (κ2) is 4.81. The molecule has 0 radical (unpaired) electrons. The van der Waals surface area contributed by atoms with Gasteiger partial charge in [-0.25, -0.2) is 0 Å². The third-order valence-electron chi connectivity index (χ3n) is 4.64. The topological polar surface area (TPSA) is 20.2 Å². The number of hydrogen-bond donors (Lipinski definition) is 1. The van der Waals surface area contributed by atoms with Gasteiger partial charge in [-0.15, -0.1) is 0 Å². The van der Waals surface area contributed by atoms with Crippen molar-refractivity contribution in [3.05, 3.63) is 35.9 Å². The van der Waals surface area contributed by atoms with E-state index in [2.05, 4.69) is 30.3 Å². The Labute approximate surface area is 104 Å². The number of benzene rings is 1. The fraction of sp³-hybridized carbons (Fsp3) is 0.625. The fourth-order valence-electron chi connectivity index (χ4n) is 3.50. The van der Waals surface area contributed by atoms with E-state index in [0.717, 1.165) is 0 Å². The zero-order chi connectivity index (χ0) is 11.7. The molecule has 1 N–H and O–H groups in total. The molecule has 2 aliphatic carbocycles. The molecule has 0 aliphatic heterocycles. The minimum absolute atomic E-state index is 0.0412. The maximum Gasteiger partial charge on any atom is 0.0602 e. The van der Waals surface area contributed by atoms with Gasteiger partial charge >= 0.3 is 0 Å². The normalized spacial score (nSPS) is 31.1. The van der Waals surface area contributed by atoms with Gasteiger partial charge in [0.05, 0.1) is 6.10 Å². The van der Waals surface area contributed by atoms with Gasteiger partial charge in [-0.05, 0) is 42.6 Å². The van der Waals surface area contributed by atoms with E-state index in [4.69, 9.17) is 0 Å². The maximum absolute atomic E-state index is 10.4. The van der Waals surface area contributed by atoms with Crippen LogP contribution >= 0.6 is 0 Å². The number of rotatable bonds is 3.